The lowest BCUT2D eigenvalue weighted by atomic mass is 9.96. The Balaban J connectivity index is 1.72. The van der Waals surface area contributed by atoms with E-state index in [1.807, 2.05) is 24.3 Å². The molecule has 1 aromatic carbocycles. The molecule has 0 spiro atoms. The number of carbonyl (C=O) groups excluding carboxylic acids is 2. The predicted molar refractivity (Wildman–Crippen MR) is 69.8 cm³/mol. The van der Waals surface area contributed by atoms with Crippen LogP contribution in [-0.4, -0.2) is 43.0 Å². The summed E-state index contributed by atoms with van der Waals surface area (Å²) in [4.78, 5) is 25.9. The third kappa shape index (κ3) is 2.33. The molecule has 1 atom stereocenters. The van der Waals surface area contributed by atoms with Gasteiger partial charge in [-0.2, -0.15) is 0 Å². The van der Waals surface area contributed by atoms with Gasteiger partial charge in [0.05, 0.1) is 19.1 Å². The Morgan fingerprint density at radius 3 is 2.84 bits per heavy atom. The van der Waals surface area contributed by atoms with E-state index >= 15 is 0 Å². The van der Waals surface area contributed by atoms with Gasteiger partial charge in [0.25, 0.3) is 0 Å². The van der Waals surface area contributed by atoms with Crippen molar-refractivity contribution >= 4 is 17.5 Å². The number of hydrogen-bond donors (Lipinski definition) is 1. The van der Waals surface area contributed by atoms with Crippen molar-refractivity contribution in [3.05, 3.63) is 29.8 Å². The van der Waals surface area contributed by atoms with Gasteiger partial charge in [0, 0.05) is 25.2 Å². The van der Waals surface area contributed by atoms with Crippen LogP contribution in [0.2, 0.25) is 0 Å². The summed E-state index contributed by atoms with van der Waals surface area (Å²) in [5, 5.41) is 2.82. The van der Waals surface area contributed by atoms with Crippen molar-refractivity contribution in [2.24, 2.45) is 0 Å². The van der Waals surface area contributed by atoms with E-state index in [1.165, 1.54) is 0 Å². The SMILES string of the molecule is O=C1Nc2ccccc2C1CC(=O)N1CCOCC1. The van der Waals surface area contributed by atoms with Gasteiger partial charge in [-0.05, 0) is 11.6 Å². The Kier molecular flexibility index (Phi) is 3.21. The summed E-state index contributed by atoms with van der Waals surface area (Å²) in [6.07, 6.45) is 0.239. The monoisotopic (exact) mass is 260 g/mol. The van der Waals surface area contributed by atoms with E-state index in [1.54, 1.807) is 4.90 Å². The third-order valence-corrected chi connectivity index (χ3v) is 3.65. The summed E-state index contributed by atoms with van der Waals surface area (Å²) in [5.74, 6) is -0.408. The summed E-state index contributed by atoms with van der Waals surface area (Å²) in [6, 6.07) is 7.55. The molecular formula is C14H16N2O3. The molecule has 19 heavy (non-hydrogen) atoms. The zero-order valence-electron chi connectivity index (χ0n) is 10.6. The van der Waals surface area contributed by atoms with Crippen molar-refractivity contribution in [3.8, 4) is 0 Å². The Labute approximate surface area is 111 Å². The number of benzene rings is 1. The number of morpholine rings is 1. The summed E-state index contributed by atoms with van der Waals surface area (Å²) in [5.41, 5.74) is 1.75. The largest absolute Gasteiger partial charge is 0.378 e. The fourth-order valence-electron chi connectivity index (χ4n) is 2.59. The molecule has 0 saturated carbocycles. The highest BCUT2D eigenvalue weighted by Crippen LogP contribution is 2.34. The number of hydrogen-bond acceptors (Lipinski definition) is 3. The number of amides is 2. The van der Waals surface area contributed by atoms with Crippen LogP contribution in [0.3, 0.4) is 0 Å². The number of rotatable bonds is 2. The standard InChI is InChI=1S/C14H16N2O3/c17-13(16-5-7-19-8-6-16)9-11-10-3-1-2-4-12(10)15-14(11)18/h1-4,11H,5-9H2,(H,15,18). The van der Waals surface area contributed by atoms with Crippen LogP contribution >= 0.6 is 0 Å². The summed E-state index contributed by atoms with van der Waals surface area (Å²) in [7, 11) is 0. The minimum atomic E-state index is -0.355. The molecule has 1 N–H and O–H groups in total. The average Bonchev–Trinajstić information content (AvgIpc) is 2.76. The Bertz CT molecular complexity index is 509. The van der Waals surface area contributed by atoms with Crippen molar-refractivity contribution < 1.29 is 14.3 Å². The first-order valence-electron chi connectivity index (χ1n) is 6.51. The molecule has 0 radical (unpaired) electrons. The molecule has 0 aromatic heterocycles. The molecule has 100 valence electrons. The van der Waals surface area contributed by atoms with Crippen LogP contribution in [0.1, 0.15) is 17.9 Å². The maximum Gasteiger partial charge on any atom is 0.232 e. The van der Waals surface area contributed by atoms with Crippen LogP contribution in [0.15, 0.2) is 24.3 Å². The highest BCUT2D eigenvalue weighted by Gasteiger charge is 2.33. The van der Waals surface area contributed by atoms with E-state index in [0.717, 1.165) is 11.3 Å². The van der Waals surface area contributed by atoms with Gasteiger partial charge in [0.1, 0.15) is 0 Å². The summed E-state index contributed by atoms with van der Waals surface area (Å²) < 4.78 is 5.22. The first-order valence-corrected chi connectivity index (χ1v) is 6.51. The zero-order valence-corrected chi connectivity index (χ0v) is 10.6. The second-order valence-electron chi connectivity index (χ2n) is 4.83. The van der Waals surface area contributed by atoms with E-state index in [2.05, 4.69) is 5.32 Å². The van der Waals surface area contributed by atoms with E-state index in [0.29, 0.717) is 26.3 Å². The second kappa shape index (κ2) is 5.01. The lowest BCUT2D eigenvalue weighted by Crippen LogP contribution is -2.41. The number of nitrogens with one attached hydrogen (secondary N) is 1. The molecule has 0 bridgehead atoms. The number of ether oxygens (including phenoxy) is 1. The summed E-state index contributed by atoms with van der Waals surface area (Å²) >= 11 is 0. The highest BCUT2D eigenvalue weighted by molar-refractivity contribution is 6.04. The maximum absolute atomic E-state index is 12.2. The smallest absolute Gasteiger partial charge is 0.232 e. The zero-order chi connectivity index (χ0) is 13.2. The van der Waals surface area contributed by atoms with Gasteiger partial charge in [0.2, 0.25) is 11.8 Å². The van der Waals surface area contributed by atoms with Crippen LogP contribution in [0, 0.1) is 0 Å². The molecule has 1 saturated heterocycles. The van der Waals surface area contributed by atoms with Gasteiger partial charge in [0.15, 0.2) is 0 Å². The first-order chi connectivity index (χ1) is 9.25. The molecule has 2 heterocycles. The van der Waals surface area contributed by atoms with Gasteiger partial charge >= 0.3 is 0 Å². The van der Waals surface area contributed by atoms with Gasteiger partial charge in [-0.3, -0.25) is 9.59 Å². The Morgan fingerprint density at radius 2 is 2.05 bits per heavy atom. The molecule has 1 fully saturated rings. The predicted octanol–water partition coefficient (Wildman–Crippen LogP) is 0.971. The summed E-state index contributed by atoms with van der Waals surface area (Å²) in [6.45, 7) is 2.40. The molecule has 1 unspecified atom stereocenters. The molecular weight excluding hydrogens is 244 g/mol. The molecule has 5 heteroatoms. The molecule has 2 amide bonds. The van der Waals surface area contributed by atoms with Crippen molar-refractivity contribution in [2.75, 3.05) is 31.6 Å². The molecule has 2 aliphatic rings. The lowest BCUT2D eigenvalue weighted by Gasteiger charge is -2.27. The van der Waals surface area contributed by atoms with Crippen molar-refractivity contribution in [2.45, 2.75) is 12.3 Å². The second-order valence-corrected chi connectivity index (χ2v) is 4.83. The minimum absolute atomic E-state index is 0.0279. The molecule has 5 nitrogen and oxygen atoms in total. The van der Waals surface area contributed by atoms with E-state index < -0.39 is 0 Å². The fraction of sp³-hybridized carbons (Fsp3) is 0.429. The third-order valence-electron chi connectivity index (χ3n) is 3.65. The van der Waals surface area contributed by atoms with E-state index in [9.17, 15) is 9.59 Å². The number of para-hydroxylation sites is 1. The molecule has 3 rings (SSSR count). The van der Waals surface area contributed by atoms with E-state index in [-0.39, 0.29) is 24.2 Å². The van der Waals surface area contributed by atoms with Crippen LogP contribution < -0.4 is 5.32 Å². The number of anilines is 1. The minimum Gasteiger partial charge on any atom is -0.378 e. The lowest BCUT2D eigenvalue weighted by molar-refractivity contribution is -0.137. The molecule has 0 aliphatic carbocycles. The first kappa shape index (κ1) is 12.2. The molecule has 2 aliphatic heterocycles. The average molecular weight is 260 g/mol. The number of nitrogens with zero attached hydrogens (tertiary/aromatic N) is 1. The number of carbonyl (C=O) groups is 2. The van der Waals surface area contributed by atoms with Crippen molar-refractivity contribution in [1.29, 1.82) is 0 Å². The normalized spacial score (nSPS) is 22.0. The van der Waals surface area contributed by atoms with Crippen LogP contribution in [0.5, 0.6) is 0 Å². The number of fused-ring (bicyclic) bond motifs is 1. The van der Waals surface area contributed by atoms with E-state index in [4.69, 9.17) is 4.74 Å². The molecule has 1 aromatic rings. The Hall–Kier alpha value is -1.88. The fourth-order valence-corrected chi connectivity index (χ4v) is 2.59. The van der Waals surface area contributed by atoms with Crippen LogP contribution in [0.25, 0.3) is 0 Å². The van der Waals surface area contributed by atoms with Crippen molar-refractivity contribution in [3.63, 3.8) is 0 Å². The van der Waals surface area contributed by atoms with Gasteiger partial charge < -0.3 is 15.0 Å². The van der Waals surface area contributed by atoms with Crippen LogP contribution in [0.4, 0.5) is 5.69 Å². The van der Waals surface area contributed by atoms with Gasteiger partial charge in [-0.15, -0.1) is 0 Å². The van der Waals surface area contributed by atoms with Gasteiger partial charge in [-0.25, -0.2) is 0 Å². The highest BCUT2D eigenvalue weighted by atomic mass is 16.5. The van der Waals surface area contributed by atoms with Gasteiger partial charge in [-0.1, -0.05) is 18.2 Å². The van der Waals surface area contributed by atoms with Crippen molar-refractivity contribution in [1.82, 2.24) is 4.90 Å². The maximum atomic E-state index is 12.2. The van der Waals surface area contributed by atoms with Crippen LogP contribution in [-0.2, 0) is 14.3 Å². The quantitative estimate of drug-likeness (QED) is 0.862. The Morgan fingerprint density at radius 1 is 1.32 bits per heavy atom. The topological polar surface area (TPSA) is 58.6 Å².